The fourth-order valence-electron chi connectivity index (χ4n) is 2.16. The number of nitrogens with zero attached hydrogens (tertiary/aromatic N) is 1. The van der Waals surface area contributed by atoms with Crippen molar-refractivity contribution in [3.05, 3.63) is 0 Å². The Morgan fingerprint density at radius 1 is 1.33 bits per heavy atom. The molecule has 0 aromatic heterocycles. The van der Waals surface area contributed by atoms with Crippen LogP contribution in [0.25, 0.3) is 0 Å². The van der Waals surface area contributed by atoms with E-state index in [1.165, 1.54) is 0 Å². The molecule has 0 aromatic carbocycles. The molecule has 0 aromatic rings. The second kappa shape index (κ2) is 6.08. The lowest BCUT2D eigenvalue weighted by atomic mass is 9.84. The minimum Gasteiger partial charge on any atom is -0.448 e. The van der Waals surface area contributed by atoms with Gasteiger partial charge in [0.25, 0.3) is 0 Å². The van der Waals surface area contributed by atoms with Crippen molar-refractivity contribution in [2.45, 2.75) is 25.7 Å². The zero-order valence-corrected chi connectivity index (χ0v) is 10.0. The number of primary amides is 1. The molecule has 1 saturated carbocycles. The van der Waals surface area contributed by atoms with E-state index >= 15 is 0 Å². The maximum absolute atomic E-state index is 12.1. The smallest absolute Gasteiger partial charge is 0.404 e. The van der Waals surface area contributed by atoms with Crippen molar-refractivity contribution < 1.29 is 19.5 Å². The molecule has 0 heterocycles. The minimum absolute atomic E-state index is 0.00662. The Kier molecular flexibility index (Phi) is 4.75. The average molecular weight is 258 g/mol. The molecule has 102 valence electrons. The number of carbonyl (C=O) groups excluding carboxylic acids is 2. The second-order valence-electron chi connectivity index (χ2n) is 4.20. The van der Waals surface area contributed by atoms with E-state index in [1.54, 1.807) is 0 Å². The molecule has 8 nitrogen and oxygen atoms in total. The highest BCUT2D eigenvalue weighted by Gasteiger charge is 2.45. The molecule has 1 aliphatic rings. The van der Waals surface area contributed by atoms with Crippen molar-refractivity contribution in [2.24, 2.45) is 22.0 Å². The number of nitrogens with two attached hydrogens (primary N) is 2. The van der Waals surface area contributed by atoms with Crippen LogP contribution in [0.1, 0.15) is 25.7 Å². The Hall–Kier alpha value is -1.99. The maximum Gasteiger partial charge on any atom is 0.404 e. The lowest BCUT2D eigenvalue weighted by molar-refractivity contribution is -0.127. The van der Waals surface area contributed by atoms with Crippen LogP contribution in [0.5, 0.6) is 0 Å². The molecule has 1 rings (SSSR count). The number of amides is 2. The molecule has 0 unspecified atom stereocenters. The zero-order chi connectivity index (χ0) is 13.6. The summed E-state index contributed by atoms with van der Waals surface area (Å²) < 4.78 is 4.49. The van der Waals surface area contributed by atoms with E-state index in [9.17, 15) is 9.59 Å². The molecular weight excluding hydrogens is 240 g/mol. The summed E-state index contributed by atoms with van der Waals surface area (Å²) in [5.74, 6) is -0.392. The SMILES string of the molecule is NC(=O)OCCNC(=O)C1(C(N)=NO)CCCC1. The highest BCUT2D eigenvalue weighted by molar-refractivity contribution is 6.07. The van der Waals surface area contributed by atoms with Gasteiger partial charge >= 0.3 is 6.09 Å². The summed E-state index contributed by atoms with van der Waals surface area (Å²) in [7, 11) is 0. The standard InChI is InChI=1S/C10H18N4O4/c11-7(14-17)10(3-1-2-4-10)8(15)13-5-6-18-9(12)16/h17H,1-6H2,(H2,11,14)(H2,12,16)(H,13,15). The lowest BCUT2D eigenvalue weighted by Gasteiger charge is -2.25. The highest BCUT2D eigenvalue weighted by atomic mass is 16.5. The van der Waals surface area contributed by atoms with Crippen LogP contribution in [0.3, 0.4) is 0 Å². The van der Waals surface area contributed by atoms with Crippen molar-refractivity contribution in [1.29, 1.82) is 0 Å². The van der Waals surface area contributed by atoms with Gasteiger partial charge in [-0.1, -0.05) is 18.0 Å². The Labute approximate surface area is 104 Å². The van der Waals surface area contributed by atoms with Gasteiger partial charge in [0.1, 0.15) is 12.0 Å². The van der Waals surface area contributed by atoms with Crippen LogP contribution < -0.4 is 16.8 Å². The van der Waals surface area contributed by atoms with Crippen molar-refractivity contribution in [1.82, 2.24) is 5.32 Å². The summed E-state index contributed by atoms with van der Waals surface area (Å²) in [5.41, 5.74) is 9.44. The van der Waals surface area contributed by atoms with E-state index in [2.05, 4.69) is 15.2 Å². The largest absolute Gasteiger partial charge is 0.448 e. The summed E-state index contributed by atoms with van der Waals surface area (Å²) in [6.45, 7) is 0.134. The monoisotopic (exact) mass is 258 g/mol. The number of oxime groups is 1. The molecular formula is C10H18N4O4. The summed E-state index contributed by atoms with van der Waals surface area (Å²) in [6, 6.07) is 0. The normalized spacial score (nSPS) is 18.3. The van der Waals surface area contributed by atoms with Crippen LogP contribution in [0.4, 0.5) is 4.79 Å². The first kappa shape index (κ1) is 14.1. The maximum atomic E-state index is 12.1. The topological polar surface area (TPSA) is 140 Å². The molecule has 0 spiro atoms. The minimum atomic E-state index is -0.943. The van der Waals surface area contributed by atoms with E-state index < -0.39 is 11.5 Å². The molecule has 1 fully saturated rings. The van der Waals surface area contributed by atoms with Gasteiger partial charge in [-0.3, -0.25) is 4.79 Å². The number of rotatable bonds is 5. The number of amidine groups is 1. The predicted octanol–water partition coefficient (Wildman–Crippen LogP) is -0.495. The number of nitrogens with one attached hydrogen (secondary N) is 1. The first-order valence-electron chi connectivity index (χ1n) is 5.71. The van der Waals surface area contributed by atoms with E-state index in [0.717, 1.165) is 12.8 Å². The van der Waals surface area contributed by atoms with Gasteiger partial charge in [-0.15, -0.1) is 0 Å². The molecule has 18 heavy (non-hydrogen) atoms. The van der Waals surface area contributed by atoms with E-state index in [4.69, 9.17) is 16.7 Å². The van der Waals surface area contributed by atoms with Crippen molar-refractivity contribution in [3.8, 4) is 0 Å². The number of carbonyl (C=O) groups is 2. The third kappa shape index (κ3) is 3.02. The zero-order valence-electron chi connectivity index (χ0n) is 10.0. The van der Waals surface area contributed by atoms with Crippen LogP contribution in [0, 0.1) is 5.41 Å². The second-order valence-corrected chi connectivity index (χ2v) is 4.20. The molecule has 0 aliphatic heterocycles. The molecule has 2 amide bonds. The van der Waals surface area contributed by atoms with Gasteiger partial charge < -0.3 is 26.7 Å². The first-order chi connectivity index (χ1) is 8.53. The third-order valence-electron chi connectivity index (χ3n) is 3.12. The Balaban J connectivity index is 2.54. The molecule has 6 N–H and O–H groups in total. The van der Waals surface area contributed by atoms with Gasteiger partial charge in [-0.05, 0) is 12.8 Å². The molecule has 0 radical (unpaired) electrons. The molecule has 8 heteroatoms. The Morgan fingerprint density at radius 3 is 2.44 bits per heavy atom. The van der Waals surface area contributed by atoms with Crippen LogP contribution in [0.2, 0.25) is 0 Å². The summed E-state index contributed by atoms with van der Waals surface area (Å²) in [5, 5.41) is 14.3. The quantitative estimate of drug-likeness (QED) is 0.173. The van der Waals surface area contributed by atoms with E-state index in [1.807, 2.05) is 0 Å². The van der Waals surface area contributed by atoms with E-state index in [-0.39, 0.29) is 24.9 Å². The fraction of sp³-hybridized carbons (Fsp3) is 0.700. The van der Waals surface area contributed by atoms with Crippen LogP contribution >= 0.6 is 0 Å². The Bertz CT molecular complexity index is 350. The predicted molar refractivity (Wildman–Crippen MR) is 62.9 cm³/mol. The number of hydrogen-bond acceptors (Lipinski definition) is 5. The molecule has 0 atom stereocenters. The molecule has 0 bridgehead atoms. The van der Waals surface area contributed by atoms with Gasteiger partial charge in [-0.25, -0.2) is 4.79 Å². The van der Waals surface area contributed by atoms with Crippen molar-refractivity contribution in [3.63, 3.8) is 0 Å². The molecule has 1 aliphatic carbocycles. The summed E-state index contributed by atoms with van der Waals surface area (Å²) in [6.07, 6.45) is 1.90. The van der Waals surface area contributed by atoms with Gasteiger partial charge in [0.15, 0.2) is 5.84 Å². The lowest BCUT2D eigenvalue weighted by Crippen LogP contribution is -2.49. The third-order valence-corrected chi connectivity index (χ3v) is 3.12. The van der Waals surface area contributed by atoms with Gasteiger partial charge in [-0.2, -0.15) is 0 Å². The van der Waals surface area contributed by atoms with Crippen LogP contribution in [-0.2, 0) is 9.53 Å². The van der Waals surface area contributed by atoms with Gasteiger partial charge in [0.05, 0.1) is 6.54 Å². The highest BCUT2D eigenvalue weighted by Crippen LogP contribution is 2.38. The van der Waals surface area contributed by atoms with Crippen molar-refractivity contribution >= 4 is 17.8 Å². The summed E-state index contributed by atoms with van der Waals surface area (Å²) >= 11 is 0. The fourth-order valence-corrected chi connectivity index (χ4v) is 2.16. The van der Waals surface area contributed by atoms with Crippen LogP contribution in [0.15, 0.2) is 5.16 Å². The summed E-state index contributed by atoms with van der Waals surface area (Å²) in [4.78, 5) is 22.4. The Morgan fingerprint density at radius 2 is 1.94 bits per heavy atom. The number of hydrogen-bond donors (Lipinski definition) is 4. The van der Waals surface area contributed by atoms with Crippen molar-refractivity contribution in [2.75, 3.05) is 13.2 Å². The molecule has 0 saturated heterocycles. The van der Waals surface area contributed by atoms with Gasteiger partial charge in [0, 0.05) is 0 Å². The number of ether oxygens (including phenoxy) is 1. The van der Waals surface area contributed by atoms with E-state index in [0.29, 0.717) is 12.8 Å². The van der Waals surface area contributed by atoms with Gasteiger partial charge in [0.2, 0.25) is 5.91 Å². The van der Waals surface area contributed by atoms with Crippen LogP contribution in [-0.4, -0.2) is 36.2 Å². The average Bonchev–Trinajstić information content (AvgIpc) is 2.83. The first-order valence-corrected chi connectivity index (χ1v) is 5.71.